The Kier molecular flexibility index (Phi) is 10.1. The Morgan fingerprint density at radius 2 is 1.84 bits per heavy atom. The zero-order chi connectivity index (χ0) is 32.3. The van der Waals surface area contributed by atoms with Gasteiger partial charge in [0.05, 0.1) is 18.2 Å². The van der Waals surface area contributed by atoms with E-state index in [9.17, 15) is 22.8 Å². The van der Waals surface area contributed by atoms with Crippen LogP contribution in [0.1, 0.15) is 77.8 Å². The van der Waals surface area contributed by atoms with Crippen molar-refractivity contribution in [1.82, 2.24) is 25.2 Å². The summed E-state index contributed by atoms with van der Waals surface area (Å²) in [5.41, 5.74) is 3.66. The highest BCUT2D eigenvalue weighted by Gasteiger charge is 2.49. The number of hydrogen-bond acceptors (Lipinski definition) is 10. The number of halogens is 2. The smallest absolute Gasteiger partial charge is 0.303 e. The van der Waals surface area contributed by atoms with Gasteiger partial charge in [-0.05, 0) is 42.2 Å². The Balaban J connectivity index is 1.51. The van der Waals surface area contributed by atoms with E-state index in [4.69, 9.17) is 37.3 Å². The molecule has 5 rings (SSSR count). The number of nitrogens with one attached hydrogen (secondary N) is 2. The zero-order valence-electron chi connectivity index (χ0n) is 24.4. The molecule has 2 heterocycles. The van der Waals surface area contributed by atoms with Gasteiger partial charge in [0.2, 0.25) is 10.0 Å². The van der Waals surface area contributed by atoms with Gasteiger partial charge in [0, 0.05) is 34.6 Å². The normalized spacial score (nSPS) is 21.7. The molecule has 2 N–H and O–H groups in total. The maximum Gasteiger partial charge on any atom is 0.303 e. The van der Waals surface area contributed by atoms with Gasteiger partial charge in [0.25, 0.3) is 17.7 Å². The van der Waals surface area contributed by atoms with E-state index in [1.165, 1.54) is 13.0 Å². The van der Waals surface area contributed by atoms with Crippen molar-refractivity contribution in [1.29, 1.82) is 0 Å². The number of rotatable bonds is 10. The van der Waals surface area contributed by atoms with Crippen LogP contribution in [0.25, 0.3) is 0 Å². The van der Waals surface area contributed by atoms with Crippen LogP contribution in [0.5, 0.6) is 0 Å². The number of sulfonamides is 1. The Morgan fingerprint density at radius 1 is 1.09 bits per heavy atom. The summed E-state index contributed by atoms with van der Waals surface area (Å²) in [4.78, 5) is 50.5. The van der Waals surface area contributed by atoms with Crippen LogP contribution < -0.4 is 10.2 Å². The number of fused-ring (bicyclic) bond motifs is 1. The number of hydrogen-bond donors (Lipinski definition) is 2. The van der Waals surface area contributed by atoms with Crippen molar-refractivity contribution in [3.63, 3.8) is 0 Å². The molecule has 1 aliphatic carbocycles. The molecule has 2 aliphatic rings. The van der Waals surface area contributed by atoms with Gasteiger partial charge in [-0.2, -0.15) is 4.98 Å². The van der Waals surface area contributed by atoms with Crippen LogP contribution in [0.3, 0.4) is 0 Å². The minimum absolute atomic E-state index is 0.0488. The second kappa shape index (κ2) is 13.8. The van der Waals surface area contributed by atoms with E-state index in [2.05, 4.69) is 20.3 Å². The van der Waals surface area contributed by atoms with Gasteiger partial charge in [-0.1, -0.05) is 65.5 Å². The third-order valence-electron chi connectivity index (χ3n) is 7.68. The standard InChI is InChI=1S/C29H31Cl2N5O8S/c1-16(37)42-15-25-32-24(33-44-25)14-43-34-28(38)26-18-7-3-4-8-19(18)29(39)36(27(26)20-12-11-17(30)13-21(20)31)23-10-6-5-9-22(23)35-45(2,40)41/h3-4,7-8,11-13,22-23,26-27,35H,5-6,9-10,14-15H2,1-2H3,(H,34,38)/t22?,23-,26+,27-/m0/s1. The van der Waals surface area contributed by atoms with Gasteiger partial charge in [0.1, 0.15) is 6.61 Å². The minimum Gasteiger partial charge on any atom is -0.456 e. The SMILES string of the molecule is CC(=O)OCc1nc(CONC(=O)[C@@H]2c3ccccc3C(=O)N([C@H]3CCCCC3NS(C)(=O)=O)[C@H]2c2ccc(Cl)cc2Cl)no1. The van der Waals surface area contributed by atoms with Crippen molar-refractivity contribution in [3.8, 4) is 0 Å². The van der Waals surface area contributed by atoms with E-state index < -0.39 is 45.9 Å². The Morgan fingerprint density at radius 3 is 2.58 bits per heavy atom. The fourth-order valence-corrected chi connectivity index (χ4v) is 7.28. The minimum atomic E-state index is -3.62. The van der Waals surface area contributed by atoms with E-state index in [1.807, 2.05) is 0 Å². The van der Waals surface area contributed by atoms with Crippen LogP contribution in [0.2, 0.25) is 10.0 Å². The molecule has 2 aromatic carbocycles. The lowest BCUT2D eigenvalue weighted by atomic mass is 9.76. The summed E-state index contributed by atoms with van der Waals surface area (Å²) in [6, 6.07) is 9.45. The van der Waals surface area contributed by atoms with Gasteiger partial charge < -0.3 is 14.2 Å². The first kappa shape index (κ1) is 32.8. The highest BCUT2D eigenvalue weighted by molar-refractivity contribution is 7.88. The molecule has 0 bridgehead atoms. The zero-order valence-corrected chi connectivity index (χ0v) is 26.7. The number of hydroxylamine groups is 1. The molecular weight excluding hydrogens is 649 g/mol. The molecule has 1 unspecified atom stereocenters. The first-order valence-electron chi connectivity index (χ1n) is 14.1. The van der Waals surface area contributed by atoms with Crippen LogP contribution >= 0.6 is 23.2 Å². The molecule has 4 atom stereocenters. The molecule has 13 nitrogen and oxygen atoms in total. The highest BCUT2D eigenvalue weighted by atomic mass is 35.5. The lowest BCUT2D eigenvalue weighted by Gasteiger charge is -2.49. The molecule has 16 heteroatoms. The third kappa shape index (κ3) is 7.64. The summed E-state index contributed by atoms with van der Waals surface area (Å²) >= 11 is 13.0. The first-order valence-corrected chi connectivity index (χ1v) is 16.8. The van der Waals surface area contributed by atoms with E-state index in [0.717, 1.165) is 19.1 Å². The fourth-order valence-electron chi connectivity index (χ4n) is 5.93. The molecule has 2 amide bonds. The number of aromatic nitrogens is 2. The van der Waals surface area contributed by atoms with Crippen molar-refractivity contribution in [2.45, 2.75) is 69.9 Å². The number of amides is 2. The lowest BCUT2D eigenvalue weighted by molar-refractivity contribution is -0.143. The molecule has 0 radical (unpaired) electrons. The molecule has 1 fully saturated rings. The van der Waals surface area contributed by atoms with Crippen molar-refractivity contribution >= 4 is 51.0 Å². The fraction of sp³-hybridized carbons (Fsp3) is 0.414. The maximum absolute atomic E-state index is 14.3. The number of nitrogens with zero attached hydrogens (tertiary/aromatic N) is 3. The van der Waals surface area contributed by atoms with Gasteiger partial charge in [-0.25, -0.2) is 18.6 Å². The van der Waals surface area contributed by atoms with Gasteiger partial charge in [-0.15, -0.1) is 0 Å². The molecule has 240 valence electrons. The third-order valence-corrected chi connectivity index (χ3v) is 8.97. The Labute approximate surface area is 269 Å². The monoisotopic (exact) mass is 679 g/mol. The Bertz CT molecular complexity index is 1700. The van der Waals surface area contributed by atoms with Crippen LogP contribution in [-0.2, 0) is 42.4 Å². The molecule has 1 aliphatic heterocycles. The van der Waals surface area contributed by atoms with E-state index in [0.29, 0.717) is 34.6 Å². The quantitative estimate of drug-likeness (QED) is 0.237. The summed E-state index contributed by atoms with van der Waals surface area (Å²) in [5.74, 6) is -2.35. The van der Waals surface area contributed by atoms with Crippen molar-refractivity contribution in [2.24, 2.45) is 0 Å². The first-order chi connectivity index (χ1) is 21.4. The lowest BCUT2D eigenvalue weighted by Crippen LogP contribution is -2.59. The molecular formula is C29H31Cl2N5O8S. The van der Waals surface area contributed by atoms with Crippen LogP contribution in [0, 0.1) is 0 Å². The van der Waals surface area contributed by atoms with Crippen molar-refractivity contribution in [2.75, 3.05) is 6.26 Å². The van der Waals surface area contributed by atoms with E-state index in [1.54, 1.807) is 41.3 Å². The van der Waals surface area contributed by atoms with E-state index in [-0.39, 0.29) is 35.9 Å². The summed E-state index contributed by atoms with van der Waals surface area (Å²) < 4.78 is 37.3. The van der Waals surface area contributed by atoms with Gasteiger partial charge >= 0.3 is 5.97 Å². The largest absolute Gasteiger partial charge is 0.456 e. The second-order valence-corrected chi connectivity index (χ2v) is 13.5. The van der Waals surface area contributed by atoms with Crippen LogP contribution in [0.15, 0.2) is 47.0 Å². The molecule has 45 heavy (non-hydrogen) atoms. The predicted molar refractivity (Wildman–Crippen MR) is 161 cm³/mol. The second-order valence-electron chi connectivity index (χ2n) is 10.9. The predicted octanol–water partition coefficient (Wildman–Crippen LogP) is 3.83. The molecule has 3 aromatic rings. The summed E-state index contributed by atoms with van der Waals surface area (Å²) in [5, 5.41) is 4.35. The maximum atomic E-state index is 14.3. The average molecular weight is 681 g/mol. The van der Waals surface area contributed by atoms with Crippen LogP contribution in [-0.4, -0.2) is 59.6 Å². The van der Waals surface area contributed by atoms with E-state index >= 15 is 0 Å². The molecule has 1 aromatic heterocycles. The van der Waals surface area contributed by atoms with Crippen molar-refractivity contribution in [3.05, 3.63) is 80.9 Å². The number of esters is 1. The number of ether oxygens (including phenoxy) is 1. The number of carbonyl (C=O) groups excluding carboxylic acids is 3. The summed E-state index contributed by atoms with van der Waals surface area (Å²) in [6.45, 7) is 0.758. The van der Waals surface area contributed by atoms with Gasteiger partial charge in [0.15, 0.2) is 12.4 Å². The number of benzene rings is 2. The number of carbonyl (C=O) groups is 3. The molecule has 1 saturated carbocycles. The van der Waals surface area contributed by atoms with Crippen molar-refractivity contribution < 1.29 is 36.9 Å². The topological polar surface area (TPSA) is 170 Å². The molecule has 0 saturated heterocycles. The van der Waals surface area contributed by atoms with Gasteiger partial charge in [-0.3, -0.25) is 19.2 Å². The molecule has 0 spiro atoms. The summed E-state index contributed by atoms with van der Waals surface area (Å²) in [7, 11) is -3.62. The Hall–Kier alpha value is -3.56. The van der Waals surface area contributed by atoms with Crippen LogP contribution in [0.4, 0.5) is 0 Å². The highest BCUT2D eigenvalue weighted by Crippen LogP contribution is 2.47. The average Bonchev–Trinajstić information content (AvgIpc) is 3.43. The summed E-state index contributed by atoms with van der Waals surface area (Å²) in [6.07, 6.45) is 3.61.